The summed E-state index contributed by atoms with van der Waals surface area (Å²) in [7, 11) is -0.366. The van der Waals surface area contributed by atoms with Gasteiger partial charge in [-0.05, 0) is 13.0 Å². The van der Waals surface area contributed by atoms with Crippen molar-refractivity contribution in [3.05, 3.63) is 0 Å². The van der Waals surface area contributed by atoms with Gasteiger partial charge in [0, 0.05) is 12.5 Å². The van der Waals surface area contributed by atoms with Crippen LogP contribution in [0, 0.1) is 0 Å². The van der Waals surface area contributed by atoms with Gasteiger partial charge in [-0.2, -0.15) is 0 Å². The highest BCUT2D eigenvalue weighted by Crippen LogP contribution is 1.84. The second-order valence-electron chi connectivity index (χ2n) is 1.56. The van der Waals surface area contributed by atoms with Crippen molar-refractivity contribution in [3.8, 4) is 0 Å². The Hall–Kier alpha value is 1.01. The van der Waals surface area contributed by atoms with Crippen LogP contribution in [0.1, 0.15) is 6.92 Å². The second-order valence-corrected chi connectivity index (χ2v) is 3.46. The van der Waals surface area contributed by atoms with E-state index in [4.69, 9.17) is 20.8 Å². The molecule has 0 saturated carbocycles. The van der Waals surface area contributed by atoms with Gasteiger partial charge >= 0.3 is 0 Å². The normalized spacial score (nSPS) is 9.27. The van der Waals surface area contributed by atoms with Crippen LogP contribution >= 0.6 is 36.4 Å². The predicted molar refractivity (Wildman–Crippen MR) is 56.1 cm³/mol. The first-order chi connectivity index (χ1) is 4.41. The molecule has 0 aliphatic rings. The van der Waals surface area contributed by atoms with Crippen LogP contribution in [0.5, 0.6) is 0 Å². The molecule has 0 bridgehead atoms. The van der Waals surface area contributed by atoms with E-state index in [1.807, 2.05) is 6.92 Å². The topological polar surface area (TPSA) is 18.5 Å². The Balaban J connectivity index is -0.000000320. The van der Waals surface area contributed by atoms with Crippen LogP contribution in [0.15, 0.2) is 0 Å². The summed E-state index contributed by atoms with van der Waals surface area (Å²) < 4.78 is 10.1. The first-order valence-corrected chi connectivity index (χ1v) is 5.24. The fourth-order valence-corrected chi connectivity index (χ4v) is 1.23. The predicted octanol–water partition coefficient (Wildman–Crippen LogP) is 1.58. The molecule has 2 nitrogen and oxygen atoms in total. The van der Waals surface area contributed by atoms with Crippen LogP contribution in [0.25, 0.3) is 0 Å². The minimum atomic E-state index is -0.366. The van der Waals surface area contributed by atoms with Gasteiger partial charge in [0.05, 0.1) is 0 Å². The average molecular weight is 242 g/mol. The van der Waals surface area contributed by atoms with E-state index >= 15 is 0 Å². The van der Waals surface area contributed by atoms with Gasteiger partial charge in [0.15, 0.2) is 9.76 Å². The Labute approximate surface area is 87.7 Å². The van der Waals surface area contributed by atoms with E-state index in [1.165, 1.54) is 0 Å². The van der Waals surface area contributed by atoms with Crippen LogP contribution in [0.3, 0.4) is 0 Å². The number of alkyl halides is 1. The summed E-state index contributed by atoms with van der Waals surface area (Å²) in [5.41, 5.74) is 0. The maximum atomic E-state index is 5.43. The number of rotatable bonds is 6. The molecule has 6 heteroatoms. The van der Waals surface area contributed by atoms with Gasteiger partial charge in [-0.25, -0.2) is 0 Å². The summed E-state index contributed by atoms with van der Waals surface area (Å²) in [4.78, 5) is 0. The maximum absolute atomic E-state index is 5.43. The Bertz CT molecular complexity index is 53.0. The molecule has 0 unspecified atom stereocenters. The molecule has 0 atom stereocenters. The van der Waals surface area contributed by atoms with Crippen LogP contribution in [0.4, 0.5) is 0 Å². The third-order valence-electron chi connectivity index (χ3n) is 0.793. The average Bonchev–Trinajstić information content (AvgIpc) is 1.89. The molecule has 0 aliphatic heterocycles. The molecule has 0 saturated heterocycles. The van der Waals surface area contributed by atoms with E-state index in [9.17, 15) is 0 Å². The number of ether oxygens (including phenoxy) is 1. The third-order valence-corrected chi connectivity index (χ3v) is 2.61. The van der Waals surface area contributed by atoms with E-state index in [0.717, 1.165) is 18.5 Å². The summed E-state index contributed by atoms with van der Waals surface area (Å²) in [5.74, 6) is 0.721. The molecule has 0 aromatic rings. The van der Waals surface area contributed by atoms with Gasteiger partial charge in [-0.15, -0.1) is 36.4 Å². The van der Waals surface area contributed by atoms with E-state index < -0.39 is 0 Å². The number of hydrogen-bond donors (Lipinski definition) is 0. The third kappa shape index (κ3) is 18.2. The number of hydrogen-bond acceptors (Lipinski definition) is 2. The van der Waals surface area contributed by atoms with Crippen molar-refractivity contribution in [2.45, 2.75) is 13.0 Å². The van der Waals surface area contributed by atoms with Crippen molar-refractivity contribution < 1.29 is 9.16 Å². The molecule has 11 heavy (non-hydrogen) atoms. The van der Waals surface area contributed by atoms with E-state index in [-0.39, 0.29) is 34.6 Å². The first kappa shape index (κ1) is 17.9. The summed E-state index contributed by atoms with van der Waals surface area (Å²) >= 11 is 5.43. The minimum Gasteiger partial charge on any atom is -0.402 e. The number of halogens is 3. The lowest BCUT2D eigenvalue weighted by Gasteiger charge is -2.00. The zero-order valence-corrected chi connectivity index (χ0v) is 10.3. The molecule has 0 fully saturated rings. The van der Waals surface area contributed by atoms with Crippen LogP contribution < -0.4 is 0 Å². The van der Waals surface area contributed by atoms with E-state index in [2.05, 4.69) is 0 Å². The molecule has 0 amide bonds. The molecule has 0 rings (SSSR count). The monoisotopic (exact) mass is 240 g/mol. The van der Waals surface area contributed by atoms with Gasteiger partial charge in [-0.3, -0.25) is 0 Å². The quantitative estimate of drug-likeness (QED) is 0.304. The lowest BCUT2D eigenvalue weighted by atomic mass is 10.9. The van der Waals surface area contributed by atoms with Gasteiger partial charge in [0.1, 0.15) is 6.79 Å². The summed E-state index contributed by atoms with van der Waals surface area (Å²) in [5, 5.41) is 0. The van der Waals surface area contributed by atoms with Crippen LogP contribution in [-0.2, 0) is 9.16 Å². The molecule has 0 radical (unpaired) electrons. The van der Waals surface area contributed by atoms with Crippen molar-refractivity contribution in [1.82, 2.24) is 0 Å². The molecular weight excluding hydrogens is 226 g/mol. The molecule has 0 aliphatic carbocycles. The molecule has 0 spiro atoms. The standard InChI is InChI=1S/C5H13ClO2Si.2ClH/c1-2-7-5-8-9-4-3-6;;/h2-5,9H2,1H3;2*1H. The van der Waals surface area contributed by atoms with Gasteiger partial charge in [-0.1, -0.05) is 0 Å². The van der Waals surface area contributed by atoms with Gasteiger partial charge < -0.3 is 9.16 Å². The van der Waals surface area contributed by atoms with E-state index in [0.29, 0.717) is 6.79 Å². The molecule has 72 valence electrons. The lowest BCUT2D eigenvalue weighted by molar-refractivity contribution is 0.0244. The molecule has 0 aromatic heterocycles. The fourth-order valence-electron chi connectivity index (χ4n) is 0.358. The Kier molecular flexibility index (Phi) is 28.0. The zero-order valence-electron chi connectivity index (χ0n) is 6.55. The highest BCUT2D eigenvalue weighted by Gasteiger charge is 1.85. The second kappa shape index (κ2) is 17.2. The maximum Gasteiger partial charge on any atom is 0.165 e. The largest absolute Gasteiger partial charge is 0.402 e. The van der Waals surface area contributed by atoms with Crippen molar-refractivity contribution in [3.63, 3.8) is 0 Å². The molecule has 0 N–H and O–H groups in total. The summed E-state index contributed by atoms with van der Waals surface area (Å²) in [6, 6.07) is 1.04. The fraction of sp³-hybridized carbons (Fsp3) is 1.00. The minimum absolute atomic E-state index is 0. The zero-order chi connectivity index (χ0) is 6.95. The lowest BCUT2D eigenvalue weighted by Crippen LogP contribution is -2.03. The van der Waals surface area contributed by atoms with Crippen LogP contribution in [0.2, 0.25) is 6.04 Å². The Morgan fingerprint density at radius 2 is 2.00 bits per heavy atom. The first-order valence-electron chi connectivity index (χ1n) is 3.13. The molecule has 0 heterocycles. The van der Waals surface area contributed by atoms with Gasteiger partial charge in [0.2, 0.25) is 0 Å². The highest BCUT2D eigenvalue weighted by atomic mass is 35.5. The highest BCUT2D eigenvalue weighted by molar-refractivity contribution is 6.31. The molecular formula is C5H15Cl3O2Si. The van der Waals surface area contributed by atoms with E-state index in [1.54, 1.807) is 0 Å². The Morgan fingerprint density at radius 1 is 1.36 bits per heavy atom. The summed E-state index contributed by atoms with van der Waals surface area (Å²) in [6.07, 6.45) is 0. The van der Waals surface area contributed by atoms with Gasteiger partial charge in [0.25, 0.3) is 0 Å². The molecule has 0 aromatic carbocycles. The van der Waals surface area contributed by atoms with Crippen molar-refractivity contribution in [1.29, 1.82) is 0 Å². The van der Waals surface area contributed by atoms with Crippen molar-refractivity contribution >= 4 is 46.2 Å². The van der Waals surface area contributed by atoms with Crippen LogP contribution in [-0.4, -0.2) is 29.0 Å². The smallest absolute Gasteiger partial charge is 0.165 e. The Morgan fingerprint density at radius 3 is 2.45 bits per heavy atom. The van der Waals surface area contributed by atoms with Crippen molar-refractivity contribution in [2.75, 3.05) is 19.3 Å². The summed E-state index contributed by atoms with van der Waals surface area (Å²) in [6.45, 7) is 3.14. The van der Waals surface area contributed by atoms with Crippen molar-refractivity contribution in [2.24, 2.45) is 0 Å². The SMILES string of the molecule is CCOCO[SiH2]CCCl.Cl.Cl.